The second-order valence-corrected chi connectivity index (χ2v) is 6.26. The Kier molecular flexibility index (Phi) is 2.83. The van der Waals surface area contributed by atoms with Crippen molar-refractivity contribution < 1.29 is 17.9 Å². The highest BCUT2D eigenvalue weighted by Crippen LogP contribution is 2.35. The van der Waals surface area contributed by atoms with Gasteiger partial charge in [-0.25, -0.2) is 8.42 Å². The molecule has 0 saturated heterocycles. The Morgan fingerprint density at radius 3 is 2.74 bits per heavy atom. The minimum absolute atomic E-state index is 0.202. The van der Waals surface area contributed by atoms with Crippen molar-refractivity contribution in [1.82, 2.24) is 15.2 Å². The number of aromatic nitrogens is 3. The van der Waals surface area contributed by atoms with Crippen molar-refractivity contribution in [2.24, 2.45) is 0 Å². The fourth-order valence-corrected chi connectivity index (χ4v) is 2.23. The lowest BCUT2D eigenvalue weighted by molar-refractivity contribution is 0.0852. The number of halogens is 1. The molecule has 1 unspecified atom stereocenters. The average molecular weight is 302 g/mol. The fourth-order valence-electron chi connectivity index (χ4n) is 1.67. The Balaban J connectivity index is 1.87. The van der Waals surface area contributed by atoms with Crippen LogP contribution in [0.15, 0.2) is 29.4 Å². The van der Waals surface area contributed by atoms with Crippen molar-refractivity contribution in [2.45, 2.75) is 11.3 Å². The van der Waals surface area contributed by atoms with Crippen molar-refractivity contribution in [3.8, 4) is 11.5 Å². The molecule has 0 amide bonds. The lowest BCUT2D eigenvalue weighted by atomic mass is 10.2. The largest absolute Gasteiger partial charge is 0.485 e. The van der Waals surface area contributed by atoms with Gasteiger partial charge in [0.15, 0.2) is 23.4 Å². The highest BCUT2D eigenvalue weighted by Gasteiger charge is 2.27. The molecular formula is C10H8ClN3O4S. The molecule has 1 atom stereocenters. The van der Waals surface area contributed by atoms with Gasteiger partial charge in [0.1, 0.15) is 6.61 Å². The summed E-state index contributed by atoms with van der Waals surface area (Å²) < 4.78 is 33.3. The number of aromatic amines is 1. The molecule has 1 aliphatic heterocycles. The van der Waals surface area contributed by atoms with Crippen molar-refractivity contribution in [2.75, 3.05) is 6.61 Å². The van der Waals surface area contributed by atoms with Crippen molar-refractivity contribution in [3.05, 3.63) is 30.1 Å². The lowest BCUT2D eigenvalue weighted by Gasteiger charge is -2.24. The number of fused-ring (bicyclic) bond motifs is 1. The van der Waals surface area contributed by atoms with Crippen LogP contribution in [0.25, 0.3) is 0 Å². The second-order valence-electron chi connectivity index (χ2n) is 3.81. The Morgan fingerprint density at radius 2 is 2.05 bits per heavy atom. The SMILES string of the molecule is O=S(=O)(Cl)c1n[nH]c(C2COc3ccccc3O2)n1. The highest BCUT2D eigenvalue weighted by atomic mass is 35.7. The Morgan fingerprint density at radius 1 is 1.32 bits per heavy atom. The van der Waals surface area contributed by atoms with E-state index in [0.717, 1.165) is 0 Å². The highest BCUT2D eigenvalue weighted by molar-refractivity contribution is 8.13. The molecule has 0 spiro atoms. The van der Waals surface area contributed by atoms with Crippen LogP contribution in [0.4, 0.5) is 0 Å². The number of ether oxygens (including phenoxy) is 2. The molecule has 2 heterocycles. The van der Waals surface area contributed by atoms with Gasteiger partial charge in [-0.1, -0.05) is 12.1 Å². The van der Waals surface area contributed by atoms with E-state index in [1.807, 2.05) is 6.07 Å². The van der Waals surface area contributed by atoms with Gasteiger partial charge in [-0.15, -0.1) is 5.10 Å². The molecule has 0 radical (unpaired) electrons. The van der Waals surface area contributed by atoms with E-state index < -0.39 is 20.3 Å². The third kappa shape index (κ3) is 2.36. The summed E-state index contributed by atoms with van der Waals surface area (Å²) in [6.07, 6.45) is -0.561. The topological polar surface area (TPSA) is 94.2 Å². The van der Waals surface area contributed by atoms with Gasteiger partial charge in [0.2, 0.25) is 0 Å². The van der Waals surface area contributed by atoms with E-state index in [1.54, 1.807) is 18.2 Å². The predicted octanol–water partition coefficient (Wildman–Crippen LogP) is 1.24. The minimum Gasteiger partial charge on any atom is -0.485 e. The van der Waals surface area contributed by atoms with E-state index >= 15 is 0 Å². The zero-order chi connectivity index (χ0) is 13.5. The van der Waals surface area contributed by atoms with Crippen molar-refractivity contribution in [3.63, 3.8) is 0 Å². The normalized spacial score (nSPS) is 18.3. The maximum atomic E-state index is 11.1. The molecule has 7 nitrogen and oxygen atoms in total. The summed E-state index contributed by atoms with van der Waals surface area (Å²) in [5, 5.41) is 5.53. The molecule has 2 aromatic rings. The Bertz CT molecular complexity index is 715. The summed E-state index contributed by atoms with van der Waals surface area (Å²) >= 11 is 0. The number of rotatable bonds is 2. The van der Waals surface area contributed by atoms with E-state index in [9.17, 15) is 8.42 Å². The first kappa shape index (κ1) is 12.2. The van der Waals surface area contributed by atoms with Crippen LogP contribution in [-0.4, -0.2) is 30.2 Å². The molecule has 1 aromatic heterocycles. The van der Waals surface area contributed by atoms with E-state index in [4.69, 9.17) is 20.2 Å². The van der Waals surface area contributed by atoms with Crippen LogP contribution in [0.3, 0.4) is 0 Å². The van der Waals surface area contributed by atoms with Gasteiger partial charge < -0.3 is 9.47 Å². The summed E-state index contributed by atoms with van der Waals surface area (Å²) in [4.78, 5) is 3.79. The quantitative estimate of drug-likeness (QED) is 0.839. The summed E-state index contributed by atoms with van der Waals surface area (Å²) in [5.41, 5.74) is 0. The lowest BCUT2D eigenvalue weighted by Crippen LogP contribution is -2.22. The summed E-state index contributed by atoms with van der Waals surface area (Å²) in [6.45, 7) is 0.202. The molecule has 9 heteroatoms. The van der Waals surface area contributed by atoms with E-state index in [-0.39, 0.29) is 12.4 Å². The first-order chi connectivity index (χ1) is 9.04. The molecule has 0 fully saturated rings. The smallest absolute Gasteiger partial charge is 0.298 e. The number of H-pyrrole nitrogens is 1. The average Bonchev–Trinajstić information content (AvgIpc) is 2.87. The minimum atomic E-state index is -3.96. The summed E-state index contributed by atoms with van der Waals surface area (Å²) in [7, 11) is 1.19. The van der Waals surface area contributed by atoms with Gasteiger partial charge in [0, 0.05) is 10.7 Å². The van der Waals surface area contributed by atoms with Gasteiger partial charge in [0.25, 0.3) is 14.2 Å². The molecule has 0 aliphatic carbocycles. The second kappa shape index (κ2) is 4.39. The number of nitrogens with one attached hydrogen (secondary N) is 1. The van der Waals surface area contributed by atoms with E-state index in [2.05, 4.69) is 15.2 Å². The van der Waals surface area contributed by atoms with E-state index in [1.165, 1.54) is 0 Å². The third-order valence-electron chi connectivity index (χ3n) is 2.51. The number of para-hydroxylation sites is 2. The molecule has 3 rings (SSSR count). The zero-order valence-corrected chi connectivity index (χ0v) is 11.0. The summed E-state index contributed by atoms with van der Waals surface area (Å²) in [6, 6.07) is 7.16. The molecule has 0 bridgehead atoms. The van der Waals surface area contributed by atoms with Crippen molar-refractivity contribution >= 4 is 19.7 Å². The molecule has 1 aromatic carbocycles. The molecule has 0 saturated carbocycles. The number of hydrogen-bond donors (Lipinski definition) is 1. The molecule has 1 aliphatic rings. The van der Waals surface area contributed by atoms with E-state index in [0.29, 0.717) is 11.5 Å². The first-order valence-corrected chi connectivity index (χ1v) is 7.60. The zero-order valence-electron chi connectivity index (χ0n) is 9.41. The third-order valence-corrected chi connectivity index (χ3v) is 3.55. The van der Waals surface area contributed by atoms with Gasteiger partial charge in [-0.3, -0.25) is 5.10 Å². The predicted molar refractivity (Wildman–Crippen MR) is 64.7 cm³/mol. The number of hydrogen-bond acceptors (Lipinski definition) is 6. The van der Waals surface area contributed by atoms with Crippen molar-refractivity contribution in [1.29, 1.82) is 0 Å². The monoisotopic (exact) mass is 301 g/mol. The standard InChI is InChI=1S/C10H8ClN3O4S/c11-19(15,16)10-12-9(13-14-10)8-5-17-6-3-1-2-4-7(6)18-8/h1-4,8H,5H2,(H,12,13,14). The summed E-state index contributed by atoms with van der Waals surface area (Å²) in [5.74, 6) is 1.43. The van der Waals surface area contributed by atoms with Crippen LogP contribution < -0.4 is 9.47 Å². The Labute approximate surface area is 112 Å². The van der Waals surface area contributed by atoms with Crippen LogP contribution in [0.1, 0.15) is 11.9 Å². The first-order valence-electron chi connectivity index (χ1n) is 5.29. The van der Waals surface area contributed by atoms with Crippen LogP contribution in [0.2, 0.25) is 0 Å². The molecule has 100 valence electrons. The Hall–Kier alpha value is -1.80. The number of nitrogens with zero attached hydrogens (tertiary/aromatic N) is 2. The van der Waals surface area contributed by atoms with Gasteiger partial charge in [0.05, 0.1) is 0 Å². The maximum absolute atomic E-state index is 11.1. The van der Waals surface area contributed by atoms with Gasteiger partial charge in [-0.05, 0) is 12.1 Å². The van der Waals surface area contributed by atoms with Crippen LogP contribution in [0.5, 0.6) is 11.5 Å². The molecular weight excluding hydrogens is 294 g/mol. The number of benzene rings is 1. The van der Waals surface area contributed by atoms with Gasteiger partial charge >= 0.3 is 0 Å². The van der Waals surface area contributed by atoms with Crippen LogP contribution >= 0.6 is 10.7 Å². The van der Waals surface area contributed by atoms with Crippen LogP contribution in [-0.2, 0) is 9.05 Å². The van der Waals surface area contributed by atoms with Crippen LogP contribution in [0, 0.1) is 0 Å². The molecule has 1 N–H and O–H groups in total. The van der Waals surface area contributed by atoms with Gasteiger partial charge in [-0.2, -0.15) is 4.98 Å². The molecule has 19 heavy (non-hydrogen) atoms. The maximum Gasteiger partial charge on any atom is 0.298 e. The fraction of sp³-hybridized carbons (Fsp3) is 0.200.